The highest BCUT2D eigenvalue weighted by molar-refractivity contribution is 8.18. The minimum Gasteiger partial charge on any atom is -0.298 e. The SMILES string of the molecule is CC(=O)CN1C(=O)S/C(=C\c2ccc3ccccc3n2)C1=O. The van der Waals surface area contributed by atoms with Crippen molar-refractivity contribution < 1.29 is 14.4 Å². The summed E-state index contributed by atoms with van der Waals surface area (Å²) in [5.74, 6) is -0.674. The summed E-state index contributed by atoms with van der Waals surface area (Å²) in [5, 5.41) is 0.580. The molecule has 1 aliphatic rings. The lowest BCUT2D eigenvalue weighted by molar-refractivity contribution is -0.127. The number of para-hydroxylation sites is 1. The van der Waals surface area contributed by atoms with Gasteiger partial charge in [0.15, 0.2) is 0 Å². The number of benzene rings is 1. The van der Waals surface area contributed by atoms with Crippen molar-refractivity contribution in [2.24, 2.45) is 0 Å². The van der Waals surface area contributed by atoms with Gasteiger partial charge in [0.2, 0.25) is 0 Å². The quantitative estimate of drug-likeness (QED) is 0.815. The average molecular weight is 312 g/mol. The van der Waals surface area contributed by atoms with Gasteiger partial charge in [0, 0.05) is 5.39 Å². The lowest BCUT2D eigenvalue weighted by Crippen LogP contribution is -2.32. The molecule has 0 bridgehead atoms. The van der Waals surface area contributed by atoms with E-state index >= 15 is 0 Å². The van der Waals surface area contributed by atoms with E-state index in [0.29, 0.717) is 5.69 Å². The van der Waals surface area contributed by atoms with Crippen LogP contribution in [-0.2, 0) is 9.59 Å². The van der Waals surface area contributed by atoms with E-state index in [1.165, 1.54) is 6.92 Å². The van der Waals surface area contributed by atoms with Crippen LogP contribution in [-0.4, -0.2) is 33.4 Å². The van der Waals surface area contributed by atoms with E-state index in [2.05, 4.69) is 4.98 Å². The topological polar surface area (TPSA) is 67.3 Å². The predicted octanol–water partition coefficient (Wildman–Crippen LogP) is 2.86. The fraction of sp³-hybridized carbons (Fsp3) is 0.125. The van der Waals surface area contributed by atoms with E-state index in [0.717, 1.165) is 27.6 Å². The fourth-order valence-electron chi connectivity index (χ4n) is 2.16. The number of hydrogen-bond donors (Lipinski definition) is 0. The number of carbonyl (C=O) groups excluding carboxylic acids is 3. The zero-order valence-electron chi connectivity index (χ0n) is 11.8. The van der Waals surface area contributed by atoms with Crippen molar-refractivity contribution >= 4 is 45.7 Å². The smallest absolute Gasteiger partial charge is 0.293 e. The van der Waals surface area contributed by atoms with E-state index in [9.17, 15) is 14.4 Å². The number of fused-ring (bicyclic) bond motifs is 1. The van der Waals surface area contributed by atoms with Gasteiger partial charge in [-0.25, -0.2) is 4.98 Å². The van der Waals surface area contributed by atoms with Crippen molar-refractivity contribution in [1.82, 2.24) is 9.88 Å². The van der Waals surface area contributed by atoms with Crippen molar-refractivity contribution in [2.45, 2.75) is 6.92 Å². The molecule has 1 saturated heterocycles. The Hall–Kier alpha value is -2.47. The molecule has 0 atom stereocenters. The largest absolute Gasteiger partial charge is 0.298 e. The monoisotopic (exact) mass is 312 g/mol. The van der Waals surface area contributed by atoms with Crippen LogP contribution < -0.4 is 0 Å². The third-order valence-corrected chi connectivity index (χ3v) is 4.06. The van der Waals surface area contributed by atoms with Crippen molar-refractivity contribution in [3.63, 3.8) is 0 Å². The first-order valence-corrected chi connectivity index (χ1v) is 7.47. The first-order valence-electron chi connectivity index (χ1n) is 6.65. The van der Waals surface area contributed by atoms with Gasteiger partial charge in [-0.3, -0.25) is 19.3 Å². The van der Waals surface area contributed by atoms with Gasteiger partial charge in [0.05, 0.1) is 22.7 Å². The normalized spacial score (nSPS) is 16.8. The second-order valence-corrected chi connectivity index (χ2v) is 5.89. The molecule has 6 heteroatoms. The molecule has 1 aromatic heterocycles. The molecule has 3 rings (SSSR count). The highest BCUT2D eigenvalue weighted by Crippen LogP contribution is 2.31. The molecule has 5 nitrogen and oxygen atoms in total. The molecule has 1 fully saturated rings. The molecule has 0 saturated carbocycles. The summed E-state index contributed by atoms with van der Waals surface area (Å²) in [6.07, 6.45) is 1.58. The number of ketones is 1. The van der Waals surface area contributed by atoms with E-state index in [4.69, 9.17) is 0 Å². The van der Waals surface area contributed by atoms with Gasteiger partial charge in [0.25, 0.3) is 11.1 Å². The van der Waals surface area contributed by atoms with E-state index < -0.39 is 11.1 Å². The maximum absolute atomic E-state index is 12.2. The van der Waals surface area contributed by atoms with Crippen LogP contribution in [0.2, 0.25) is 0 Å². The second-order valence-electron chi connectivity index (χ2n) is 4.90. The summed E-state index contributed by atoms with van der Waals surface area (Å²) >= 11 is 0.830. The maximum Gasteiger partial charge on any atom is 0.293 e. The lowest BCUT2D eigenvalue weighted by atomic mass is 10.2. The Bertz CT molecular complexity index is 829. The number of aromatic nitrogens is 1. The van der Waals surface area contributed by atoms with Crippen LogP contribution in [0.1, 0.15) is 12.6 Å². The van der Waals surface area contributed by atoms with Crippen LogP contribution in [0.3, 0.4) is 0 Å². The van der Waals surface area contributed by atoms with E-state index in [-0.39, 0.29) is 17.2 Å². The predicted molar refractivity (Wildman–Crippen MR) is 85.1 cm³/mol. The van der Waals surface area contributed by atoms with E-state index in [1.807, 2.05) is 30.3 Å². The summed E-state index contributed by atoms with van der Waals surface area (Å²) in [6, 6.07) is 11.4. The van der Waals surface area contributed by atoms with Gasteiger partial charge < -0.3 is 0 Å². The van der Waals surface area contributed by atoms with Crippen molar-refractivity contribution in [3.05, 3.63) is 47.0 Å². The Morgan fingerprint density at radius 2 is 2.00 bits per heavy atom. The molecule has 0 N–H and O–H groups in total. The molecule has 0 unspecified atom stereocenters. The molecule has 110 valence electrons. The number of nitrogens with zero attached hydrogens (tertiary/aromatic N) is 2. The van der Waals surface area contributed by atoms with E-state index in [1.54, 1.807) is 12.1 Å². The minimum atomic E-state index is -0.444. The molecular weight excluding hydrogens is 300 g/mol. The Kier molecular flexibility index (Phi) is 3.77. The Morgan fingerprint density at radius 1 is 1.23 bits per heavy atom. The number of amides is 2. The molecule has 0 spiro atoms. The van der Waals surface area contributed by atoms with Crippen LogP contribution >= 0.6 is 11.8 Å². The van der Waals surface area contributed by atoms with Gasteiger partial charge in [-0.1, -0.05) is 24.3 Å². The molecule has 2 amide bonds. The maximum atomic E-state index is 12.2. The molecule has 2 heterocycles. The molecule has 0 radical (unpaired) electrons. The van der Waals surface area contributed by atoms with Gasteiger partial charge in [-0.15, -0.1) is 0 Å². The van der Waals surface area contributed by atoms with Crippen molar-refractivity contribution in [3.8, 4) is 0 Å². The van der Waals surface area contributed by atoms with Crippen LogP contribution in [0.4, 0.5) is 4.79 Å². The zero-order chi connectivity index (χ0) is 15.7. The second kappa shape index (κ2) is 5.73. The fourth-order valence-corrected chi connectivity index (χ4v) is 2.98. The summed E-state index contributed by atoms with van der Waals surface area (Å²) in [6.45, 7) is 1.16. The van der Waals surface area contributed by atoms with Gasteiger partial charge in [-0.2, -0.15) is 0 Å². The van der Waals surface area contributed by atoms with Gasteiger partial charge in [-0.05, 0) is 36.9 Å². The summed E-state index contributed by atoms with van der Waals surface area (Å²) in [4.78, 5) is 40.7. The lowest BCUT2D eigenvalue weighted by Gasteiger charge is -2.08. The Labute approximate surface area is 131 Å². The van der Waals surface area contributed by atoms with Crippen LogP contribution in [0, 0.1) is 0 Å². The summed E-state index contributed by atoms with van der Waals surface area (Å²) in [5.41, 5.74) is 1.42. The number of imide groups is 1. The standard InChI is InChI=1S/C16H12N2O3S/c1-10(19)9-18-15(20)14(22-16(18)21)8-12-7-6-11-4-2-3-5-13(11)17-12/h2-8H,9H2,1H3/b14-8-. The van der Waals surface area contributed by atoms with Gasteiger partial charge in [0.1, 0.15) is 5.78 Å². The van der Waals surface area contributed by atoms with Crippen LogP contribution in [0.5, 0.6) is 0 Å². The van der Waals surface area contributed by atoms with Gasteiger partial charge >= 0.3 is 0 Å². The summed E-state index contributed by atoms with van der Waals surface area (Å²) in [7, 11) is 0. The third-order valence-electron chi connectivity index (χ3n) is 3.15. The number of hydrogen-bond acceptors (Lipinski definition) is 5. The first-order chi connectivity index (χ1) is 10.5. The molecule has 1 aliphatic heterocycles. The van der Waals surface area contributed by atoms with Crippen LogP contribution in [0.15, 0.2) is 41.3 Å². The number of carbonyl (C=O) groups is 3. The number of pyridine rings is 1. The number of Topliss-reactive ketones (excluding diaryl/α,β-unsaturated/α-hetero) is 1. The molecule has 0 aliphatic carbocycles. The highest BCUT2D eigenvalue weighted by Gasteiger charge is 2.35. The average Bonchev–Trinajstić information content (AvgIpc) is 2.74. The molecule has 22 heavy (non-hydrogen) atoms. The Morgan fingerprint density at radius 3 is 2.77 bits per heavy atom. The molecular formula is C16H12N2O3S. The van der Waals surface area contributed by atoms with Crippen molar-refractivity contribution in [2.75, 3.05) is 6.54 Å². The molecule has 2 aromatic rings. The minimum absolute atomic E-state index is 0.187. The zero-order valence-corrected chi connectivity index (χ0v) is 12.6. The molecule has 1 aromatic carbocycles. The number of rotatable bonds is 3. The highest BCUT2D eigenvalue weighted by atomic mass is 32.2. The van der Waals surface area contributed by atoms with Crippen LogP contribution in [0.25, 0.3) is 17.0 Å². The summed E-state index contributed by atoms with van der Waals surface area (Å²) < 4.78 is 0. The first kappa shape index (κ1) is 14.5. The van der Waals surface area contributed by atoms with Crippen molar-refractivity contribution in [1.29, 1.82) is 0 Å². The number of thioether (sulfide) groups is 1. The third kappa shape index (κ3) is 2.78. The Balaban J connectivity index is 1.92.